The van der Waals surface area contributed by atoms with Gasteiger partial charge in [0.2, 0.25) is 5.88 Å². The van der Waals surface area contributed by atoms with Gasteiger partial charge in [-0.05, 0) is 18.9 Å². The molecule has 0 unspecified atom stereocenters. The first-order valence-corrected chi connectivity index (χ1v) is 6.24. The number of methoxy groups -OCH3 is 1. The van der Waals surface area contributed by atoms with Crippen LogP contribution in [-0.4, -0.2) is 32.0 Å². The maximum Gasteiger partial charge on any atom is 0.307 e. The highest BCUT2D eigenvalue weighted by Gasteiger charge is 2.26. The van der Waals surface area contributed by atoms with Crippen LogP contribution in [0.4, 0.5) is 5.69 Å². The minimum Gasteiger partial charge on any atom is -0.480 e. The predicted molar refractivity (Wildman–Crippen MR) is 68.5 cm³/mol. The van der Waals surface area contributed by atoms with Gasteiger partial charge in [-0.3, -0.25) is 14.8 Å². The molecule has 2 aromatic heterocycles. The maximum absolute atomic E-state index is 10.6. The van der Waals surface area contributed by atoms with Crippen molar-refractivity contribution in [2.24, 2.45) is 0 Å². The fourth-order valence-corrected chi connectivity index (χ4v) is 2.01. The molecule has 1 fully saturated rings. The number of nitro groups is 1. The van der Waals surface area contributed by atoms with Crippen molar-refractivity contribution in [2.45, 2.75) is 25.3 Å². The minimum atomic E-state index is -0.471. The lowest BCUT2D eigenvalue weighted by Gasteiger charge is -2.08. The van der Waals surface area contributed by atoms with Gasteiger partial charge < -0.3 is 4.74 Å². The van der Waals surface area contributed by atoms with Crippen molar-refractivity contribution < 1.29 is 9.66 Å². The average molecular weight is 275 g/mol. The van der Waals surface area contributed by atoms with E-state index in [1.54, 1.807) is 0 Å². The van der Waals surface area contributed by atoms with Crippen molar-refractivity contribution >= 4 is 5.69 Å². The van der Waals surface area contributed by atoms with E-state index in [1.165, 1.54) is 24.2 Å². The molecule has 0 spiro atoms. The molecule has 0 radical (unpaired) electrons. The lowest BCUT2D eigenvalue weighted by atomic mass is 10.2. The molecule has 8 nitrogen and oxygen atoms in total. The fraction of sp³-hybridized carbons (Fsp3) is 0.417. The summed E-state index contributed by atoms with van der Waals surface area (Å²) < 4.78 is 6.67. The van der Waals surface area contributed by atoms with Gasteiger partial charge in [0.25, 0.3) is 0 Å². The number of hydrogen-bond acceptors (Lipinski definition) is 6. The standard InChI is InChI=1S/C12H13N5O3/c1-20-12-9(4-11(14-15-12)8-2-3-8)6-16-7-10(5-13-16)17(18)19/h4-5,7-8H,2-3,6H2,1H3. The van der Waals surface area contributed by atoms with Gasteiger partial charge in [0, 0.05) is 11.5 Å². The van der Waals surface area contributed by atoms with Crippen LogP contribution in [0.1, 0.15) is 30.0 Å². The lowest BCUT2D eigenvalue weighted by molar-refractivity contribution is -0.385. The van der Waals surface area contributed by atoms with E-state index in [0.717, 1.165) is 24.1 Å². The van der Waals surface area contributed by atoms with Gasteiger partial charge in [-0.2, -0.15) is 10.2 Å². The number of aromatic nitrogens is 4. The second kappa shape index (κ2) is 4.87. The molecule has 1 aliphatic rings. The van der Waals surface area contributed by atoms with Crippen LogP contribution in [0.5, 0.6) is 5.88 Å². The number of ether oxygens (including phenoxy) is 1. The Bertz CT molecular complexity index is 650. The third-order valence-electron chi connectivity index (χ3n) is 3.20. The summed E-state index contributed by atoms with van der Waals surface area (Å²) in [5.41, 5.74) is 1.73. The fourth-order valence-electron chi connectivity index (χ4n) is 2.01. The largest absolute Gasteiger partial charge is 0.480 e. The summed E-state index contributed by atoms with van der Waals surface area (Å²) >= 11 is 0. The van der Waals surface area contributed by atoms with Crippen LogP contribution in [0, 0.1) is 10.1 Å². The SMILES string of the molecule is COc1nnc(C2CC2)cc1Cn1cc([N+](=O)[O-])cn1. The van der Waals surface area contributed by atoms with Crippen LogP contribution in [-0.2, 0) is 6.54 Å². The Kier molecular flexibility index (Phi) is 3.05. The Hall–Kier alpha value is -2.51. The van der Waals surface area contributed by atoms with Crippen molar-refractivity contribution in [2.75, 3.05) is 7.11 Å². The van der Waals surface area contributed by atoms with E-state index in [2.05, 4.69) is 15.3 Å². The molecule has 0 aromatic carbocycles. The van der Waals surface area contributed by atoms with Crippen LogP contribution < -0.4 is 4.74 Å². The van der Waals surface area contributed by atoms with Gasteiger partial charge in [0.15, 0.2) is 0 Å². The molecule has 1 aliphatic carbocycles. The van der Waals surface area contributed by atoms with Crippen molar-refractivity contribution in [3.8, 4) is 5.88 Å². The Balaban J connectivity index is 1.87. The van der Waals surface area contributed by atoms with Gasteiger partial charge in [-0.15, -0.1) is 5.10 Å². The zero-order valence-electron chi connectivity index (χ0n) is 10.9. The minimum absolute atomic E-state index is 0.0339. The molecule has 8 heteroatoms. The molecule has 0 aliphatic heterocycles. The third-order valence-corrected chi connectivity index (χ3v) is 3.20. The molecule has 2 heterocycles. The Morgan fingerprint density at radius 2 is 2.30 bits per heavy atom. The van der Waals surface area contributed by atoms with Gasteiger partial charge in [-0.25, -0.2) is 0 Å². The summed E-state index contributed by atoms with van der Waals surface area (Å²) in [6, 6.07) is 1.94. The van der Waals surface area contributed by atoms with E-state index in [0.29, 0.717) is 18.3 Å². The average Bonchev–Trinajstić information content (AvgIpc) is 3.18. The molecule has 0 N–H and O–H groups in total. The molecule has 104 valence electrons. The summed E-state index contributed by atoms with van der Waals surface area (Å²) in [6.07, 6.45) is 4.88. The van der Waals surface area contributed by atoms with Crippen LogP contribution >= 0.6 is 0 Å². The summed E-state index contributed by atoms with van der Waals surface area (Å²) in [5.74, 6) is 0.909. The Morgan fingerprint density at radius 1 is 1.50 bits per heavy atom. The first kappa shape index (κ1) is 12.5. The van der Waals surface area contributed by atoms with E-state index in [4.69, 9.17) is 4.74 Å². The van der Waals surface area contributed by atoms with Crippen molar-refractivity contribution in [1.82, 2.24) is 20.0 Å². The number of hydrogen-bond donors (Lipinski definition) is 0. The molecule has 1 saturated carbocycles. The van der Waals surface area contributed by atoms with Gasteiger partial charge >= 0.3 is 5.69 Å². The van der Waals surface area contributed by atoms with Gasteiger partial charge in [-0.1, -0.05) is 0 Å². The van der Waals surface area contributed by atoms with Crippen LogP contribution in [0.25, 0.3) is 0 Å². The van der Waals surface area contributed by atoms with Gasteiger partial charge in [0.1, 0.15) is 12.4 Å². The highest BCUT2D eigenvalue weighted by Crippen LogP contribution is 2.39. The molecule has 0 amide bonds. The summed E-state index contributed by atoms with van der Waals surface area (Å²) in [4.78, 5) is 10.2. The third kappa shape index (κ3) is 2.44. The monoisotopic (exact) mass is 275 g/mol. The highest BCUT2D eigenvalue weighted by atomic mass is 16.6. The summed E-state index contributed by atoms with van der Waals surface area (Å²) in [7, 11) is 1.52. The molecular weight excluding hydrogens is 262 g/mol. The van der Waals surface area contributed by atoms with Crippen molar-refractivity contribution in [3.63, 3.8) is 0 Å². The maximum atomic E-state index is 10.6. The lowest BCUT2D eigenvalue weighted by Crippen LogP contribution is -2.06. The first-order chi connectivity index (χ1) is 9.67. The van der Waals surface area contributed by atoms with Crippen LogP contribution in [0.2, 0.25) is 0 Å². The molecule has 2 aromatic rings. The van der Waals surface area contributed by atoms with E-state index in [-0.39, 0.29) is 5.69 Å². The Morgan fingerprint density at radius 3 is 2.90 bits per heavy atom. The van der Waals surface area contributed by atoms with Crippen LogP contribution in [0.15, 0.2) is 18.5 Å². The van der Waals surface area contributed by atoms with E-state index < -0.39 is 4.92 Å². The molecule has 0 atom stereocenters. The molecule has 0 saturated heterocycles. The highest BCUT2D eigenvalue weighted by molar-refractivity contribution is 5.30. The number of rotatable bonds is 5. The molecule has 3 rings (SSSR count). The first-order valence-electron chi connectivity index (χ1n) is 6.24. The summed E-state index contributed by atoms with van der Waals surface area (Å²) in [6.45, 7) is 0.367. The zero-order valence-corrected chi connectivity index (χ0v) is 10.9. The molecular formula is C12H13N5O3. The van der Waals surface area contributed by atoms with E-state index in [1.807, 2.05) is 6.07 Å². The molecule has 20 heavy (non-hydrogen) atoms. The topological polar surface area (TPSA) is 96.0 Å². The predicted octanol–water partition coefficient (Wildman–Crippen LogP) is 1.52. The van der Waals surface area contributed by atoms with Gasteiger partial charge in [0.05, 0.1) is 24.3 Å². The normalized spacial score (nSPS) is 14.2. The second-order valence-electron chi connectivity index (χ2n) is 4.73. The smallest absolute Gasteiger partial charge is 0.307 e. The zero-order chi connectivity index (χ0) is 14.1. The van der Waals surface area contributed by atoms with Crippen LogP contribution in [0.3, 0.4) is 0 Å². The van der Waals surface area contributed by atoms with Crippen molar-refractivity contribution in [1.29, 1.82) is 0 Å². The van der Waals surface area contributed by atoms with Crippen molar-refractivity contribution in [3.05, 3.63) is 39.8 Å². The number of nitrogens with zero attached hydrogens (tertiary/aromatic N) is 5. The summed E-state index contributed by atoms with van der Waals surface area (Å²) in [5, 5.41) is 22.8. The second-order valence-corrected chi connectivity index (χ2v) is 4.73. The van der Waals surface area contributed by atoms with E-state index >= 15 is 0 Å². The molecule has 0 bridgehead atoms. The van der Waals surface area contributed by atoms with E-state index in [9.17, 15) is 10.1 Å². The quantitative estimate of drug-likeness (QED) is 0.606. The Labute approximate surface area is 114 Å².